The fourth-order valence-corrected chi connectivity index (χ4v) is 2.38. The molecule has 13 heavy (non-hydrogen) atoms. The van der Waals surface area contributed by atoms with Crippen LogP contribution in [0.3, 0.4) is 0 Å². The largest absolute Gasteiger partial charge is 0.388 e. The van der Waals surface area contributed by atoms with Crippen molar-refractivity contribution in [2.75, 3.05) is 0 Å². The van der Waals surface area contributed by atoms with E-state index in [2.05, 4.69) is 25.9 Å². The Balaban J connectivity index is 2.35. The highest BCUT2D eigenvalue weighted by Crippen LogP contribution is 2.29. The number of aliphatic hydroxyl groups is 1. The molecule has 0 aromatic carbocycles. The number of halogens is 1. The predicted molar refractivity (Wildman–Crippen MR) is 55.5 cm³/mol. The molecule has 3 nitrogen and oxygen atoms in total. The van der Waals surface area contributed by atoms with Crippen LogP contribution in [0.5, 0.6) is 0 Å². The number of aliphatic hydroxyl groups excluding tert-OH is 1. The van der Waals surface area contributed by atoms with E-state index in [1.54, 1.807) is 17.5 Å². The van der Waals surface area contributed by atoms with Crippen LogP contribution in [-0.4, -0.2) is 15.1 Å². The van der Waals surface area contributed by atoms with Gasteiger partial charge in [-0.3, -0.25) is 0 Å². The third-order valence-electron chi connectivity index (χ3n) is 1.62. The Morgan fingerprint density at radius 1 is 1.54 bits per heavy atom. The van der Waals surface area contributed by atoms with E-state index in [0.29, 0.717) is 5.82 Å². The molecule has 0 saturated carbocycles. The SMILES string of the molecule is OCc1ncc(-c2ccc(Br)s2)[nH]1. The van der Waals surface area contributed by atoms with Crippen LogP contribution in [-0.2, 0) is 6.61 Å². The number of thiophene rings is 1. The highest BCUT2D eigenvalue weighted by molar-refractivity contribution is 9.11. The summed E-state index contributed by atoms with van der Waals surface area (Å²) in [5, 5.41) is 8.80. The van der Waals surface area contributed by atoms with E-state index in [-0.39, 0.29) is 6.61 Å². The van der Waals surface area contributed by atoms with E-state index in [0.717, 1.165) is 14.4 Å². The third kappa shape index (κ3) is 1.82. The average Bonchev–Trinajstić information content (AvgIpc) is 2.71. The second-order valence-electron chi connectivity index (χ2n) is 2.51. The zero-order valence-corrected chi connectivity index (χ0v) is 9.02. The van der Waals surface area contributed by atoms with E-state index >= 15 is 0 Å². The fourth-order valence-electron chi connectivity index (χ4n) is 1.03. The first-order valence-electron chi connectivity index (χ1n) is 3.70. The number of nitrogens with one attached hydrogen (secondary N) is 1. The lowest BCUT2D eigenvalue weighted by atomic mass is 10.4. The second kappa shape index (κ2) is 3.61. The second-order valence-corrected chi connectivity index (χ2v) is 4.97. The zero-order valence-electron chi connectivity index (χ0n) is 6.62. The van der Waals surface area contributed by atoms with E-state index in [4.69, 9.17) is 5.11 Å². The van der Waals surface area contributed by atoms with Gasteiger partial charge in [0.05, 0.1) is 20.6 Å². The number of H-pyrrole nitrogens is 1. The Kier molecular flexibility index (Phi) is 2.48. The van der Waals surface area contributed by atoms with E-state index in [1.165, 1.54) is 0 Å². The molecule has 2 aromatic rings. The van der Waals surface area contributed by atoms with Crippen molar-refractivity contribution < 1.29 is 5.11 Å². The summed E-state index contributed by atoms with van der Waals surface area (Å²) >= 11 is 5.02. The van der Waals surface area contributed by atoms with Crippen LogP contribution in [0, 0.1) is 0 Å². The molecule has 0 amide bonds. The average molecular weight is 259 g/mol. The first kappa shape index (κ1) is 8.93. The molecule has 0 aliphatic rings. The summed E-state index contributed by atoms with van der Waals surface area (Å²) in [6.45, 7) is -0.0491. The van der Waals surface area contributed by atoms with Gasteiger partial charge in [0.15, 0.2) is 0 Å². The van der Waals surface area contributed by atoms with Crippen molar-refractivity contribution >= 4 is 27.3 Å². The van der Waals surface area contributed by atoms with Crippen LogP contribution in [0.4, 0.5) is 0 Å². The van der Waals surface area contributed by atoms with Gasteiger partial charge in [-0.05, 0) is 28.1 Å². The van der Waals surface area contributed by atoms with Gasteiger partial charge in [0.25, 0.3) is 0 Å². The van der Waals surface area contributed by atoms with Gasteiger partial charge in [-0.2, -0.15) is 0 Å². The Bertz CT molecular complexity index is 410. The molecule has 5 heteroatoms. The smallest absolute Gasteiger partial charge is 0.132 e. The van der Waals surface area contributed by atoms with Gasteiger partial charge in [0, 0.05) is 0 Å². The maximum Gasteiger partial charge on any atom is 0.132 e. The van der Waals surface area contributed by atoms with E-state index in [9.17, 15) is 0 Å². The molecule has 2 rings (SSSR count). The van der Waals surface area contributed by atoms with Crippen molar-refractivity contribution in [3.63, 3.8) is 0 Å². The first-order chi connectivity index (χ1) is 6.29. The molecule has 0 unspecified atom stereocenters. The lowest BCUT2D eigenvalue weighted by Gasteiger charge is -1.88. The molecular weight excluding hydrogens is 252 g/mol. The highest BCUT2D eigenvalue weighted by atomic mass is 79.9. The number of nitrogens with zero attached hydrogens (tertiary/aromatic N) is 1. The zero-order chi connectivity index (χ0) is 9.26. The molecule has 0 aliphatic carbocycles. The van der Waals surface area contributed by atoms with Gasteiger partial charge in [0.2, 0.25) is 0 Å². The lowest BCUT2D eigenvalue weighted by molar-refractivity contribution is 0.272. The van der Waals surface area contributed by atoms with Gasteiger partial charge in [-0.25, -0.2) is 4.98 Å². The van der Waals surface area contributed by atoms with Crippen molar-refractivity contribution in [1.82, 2.24) is 9.97 Å². The van der Waals surface area contributed by atoms with Gasteiger partial charge < -0.3 is 10.1 Å². The normalized spacial score (nSPS) is 10.6. The molecule has 0 spiro atoms. The predicted octanol–water partition coefficient (Wildman–Crippen LogP) is 2.39. The summed E-state index contributed by atoms with van der Waals surface area (Å²) in [4.78, 5) is 8.14. The molecule has 0 bridgehead atoms. The van der Waals surface area contributed by atoms with Crippen LogP contribution in [0.25, 0.3) is 10.6 Å². The Morgan fingerprint density at radius 3 is 2.92 bits per heavy atom. The summed E-state index contributed by atoms with van der Waals surface area (Å²) in [5.74, 6) is 0.597. The fraction of sp³-hybridized carbons (Fsp3) is 0.125. The van der Waals surface area contributed by atoms with Crippen molar-refractivity contribution in [2.24, 2.45) is 0 Å². The Labute approximate surface area is 87.6 Å². The van der Waals surface area contributed by atoms with Crippen molar-refractivity contribution in [2.45, 2.75) is 6.61 Å². The molecule has 2 N–H and O–H groups in total. The minimum Gasteiger partial charge on any atom is -0.388 e. The van der Waals surface area contributed by atoms with Crippen LogP contribution in [0.2, 0.25) is 0 Å². The molecule has 0 atom stereocenters. The van der Waals surface area contributed by atoms with Crippen LogP contribution in [0.1, 0.15) is 5.82 Å². The van der Waals surface area contributed by atoms with Crippen molar-refractivity contribution in [3.8, 4) is 10.6 Å². The van der Waals surface area contributed by atoms with Gasteiger partial charge >= 0.3 is 0 Å². The monoisotopic (exact) mass is 258 g/mol. The minimum atomic E-state index is -0.0491. The standard InChI is InChI=1S/C8H7BrN2OS/c9-7-2-1-6(13-7)5-3-10-8(4-12)11-5/h1-3,12H,4H2,(H,10,11). The number of rotatable bonds is 2. The van der Waals surface area contributed by atoms with E-state index < -0.39 is 0 Å². The van der Waals surface area contributed by atoms with Gasteiger partial charge in [0.1, 0.15) is 12.4 Å². The Hall–Kier alpha value is -0.650. The van der Waals surface area contributed by atoms with Gasteiger partial charge in [-0.15, -0.1) is 11.3 Å². The van der Waals surface area contributed by atoms with Crippen molar-refractivity contribution in [1.29, 1.82) is 0 Å². The minimum absolute atomic E-state index is 0.0491. The topological polar surface area (TPSA) is 48.9 Å². The third-order valence-corrected chi connectivity index (χ3v) is 3.27. The quantitative estimate of drug-likeness (QED) is 0.869. The highest BCUT2D eigenvalue weighted by Gasteiger charge is 2.04. The maximum atomic E-state index is 8.80. The Morgan fingerprint density at radius 2 is 2.38 bits per heavy atom. The molecular formula is C8H7BrN2OS. The summed E-state index contributed by atoms with van der Waals surface area (Å²) < 4.78 is 1.09. The molecule has 2 heterocycles. The number of hydrogen-bond acceptors (Lipinski definition) is 3. The number of hydrogen-bond donors (Lipinski definition) is 2. The number of aromatic amines is 1. The molecule has 2 aromatic heterocycles. The molecule has 0 radical (unpaired) electrons. The van der Waals surface area contributed by atoms with Gasteiger partial charge in [-0.1, -0.05) is 0 Å². The van der Waals surface area contributed by atoms with Crippen molar-refractivity contribution in [3.05, 3.63) is 27.9 Å². The molecule has 0 saturated heterocycles. The summed E-state index contributed by atoms with van der Waals surface area (Å²) in [7, 11) is 0. The molecule has 0 aliphatic heterocycles. The molecule has 0 fully saturated rings. The number of imidazole rings is 1. The molecule has 68 valence electrons. The summed E-state index contributed by atoms with van der Waals surface area (Å²) in [6, 6.07) is 3.99. The summed E-state index contributed by atoms with van der Waals surface area (Å²) in [6.07, 6.45) is 1.73. The first-order valence-corrected chi connectivity index (χ1v) is 5.31. The maximum absolute atomic E-state index is 8.80. The number of aromatic nitrogens is 2. The van der Waals surface area contributed by atoms with E-state index in [1.807, 2.05) is 12.1 Å². The summed E-state index contributed by atoms with van der Waals surface area (Å²) in [5.41, 5.74) is 0.944. The van der Waals surface area contributed by atoms with Crippen LogP contribution < -0.4 is 0 Å². The lowest BCUT2D eigenvalue weighted by Crippen LogP contribution is -1.83. The van der Waals surface area contributed by atoms with Crippen LogP contribution >= 0.6 is 27.3 Å². The van der Waals surface area contributed by atoms with Crippen LogP contribution in [0.15, 0.2) is 22.1 Å².